The molecule has 26 heavy (non-hydrogen) atoms. The number of nitrogen functional groups attached to an aromatic ring is 1. The Kier molecular flexibility index (Phi) is 4.47. The molecular formula is C14H10F3N7O2. The number of halogens is 3. The number of pyridine rings is 1. The number of anilines is 2. The molecule has 1 amide bonds. The van der Waals surface area contributed by atoms with Gasteiger partial charge in [-0.05, 0) is 12.1 Å². The van der Waals surface area contributed by atoms with Crippen molar-refractivity contribution in [1.29, 1.82) is 0 Å². The van der Waals surface area contributed by atoms with Gasteiger partial charge in [-0.1, -0.05) is 6.07 Å². The fourth-order valence-corrected chi connectivity index (χ4v) is 1.96. The SMILES string of the molecule is Nc1cccc(-c2nnc(C(F)(F)F)o2)n1.O=C1Cc2cncnc2N1. The van der Waals surface area contributed by atoms with E-state index in [4.69, 9.17) is 5.73 Å². The Morgan fingerprint density at radius 3 is 2.69 bits per heavy atom. The first kappa shape index (κ1) is 17.3. The van der Waals surface area contributed by atoms with Crippen molar-refractivity contribution in [2.45, 2.75) is 12.6 Å². The van der Waals surface area contributed by atoms with Gasteiger partial charge in [0, 0.05) is 11.8 Å². The lowest BCUT2D eigenvalue weighted by atomic mass is 10.3. The zero-order valence-corrected chi connectivity index (χ0v) is 12.9. The molecule has 4 rings (SSSR count). The van der Waals surface area contributed by atoms with E-state index < -0.39 is 12.1 Å². The summed E-state index contributed by atoms with van der Waals surface area (Å²) >= 11 is 0. The number of hydrogen-bond acceptors (Lipinski definition) is 8. The predicted octanol–water partition coefficient (Wildman–Crippen LogP) is 1.70. The number of amides is 1. The molecule has 9 nitrogen and oxygen atoms in total. The van der Waals surface area contributed by atoms with Gasteiger partial charge < -0.3 is 15.5 Å². The minimum absolute atomic E-state index is 0.00417. The first-order valence-corrected chi connectivity index (χ1v) is 7.05. The van der Waals surface area contributed by atoms with Crippen molar-refractivity contribution >= 4 is 17.5 Å². The number of nitrogens with zero attached hydrogens (tertiary/aromatic N) is 5. The highest BCUT2D eigenvalue weighted by Crippen LogP contribution is 2.29. The van der Waals surface area contributed by atoms with E-state index in [-0.39, 0.29) is 23.3 Å². The number of rotatable bonds is 1. The second-order valence-electron chi connectivity index (χ2n) is 4.98. The molecule has 0 atom stereocenters. The lowest BCUT2D eigenvalue weighted by Crippen LogP contribution is -2.04. The van der Waals surface area contributed by atoms with Crippen molar-refractivity contribution in [3.8, 4) is 11.6 Å². The largest absolute Gasteiger partial charge is 0.470 e. The van der Waals surface area contributed by atoms with Crippen molar-refractivity contribution in [2.75, 3.05) is 11.1 Å². The Hall–Kier alpha value is -3.57. The quantitative estimate of drug-likeness (QED) is 0.666. The average Bonchev–Trinajstić information content (AvgIpc) is 3.20. The summed E-state index contributed by atoms with van der Waals surface area (Å²) in [4.78, 5) is 22.1. The van der Waals surface area contributed by atoms with Gasteiger partial charge in [0.25, 0.3) is 5.89 Å². The number of hydrogen-bond donors (Lipinski definition) is 2. The van der Waals surface area contributed by atoms with Crippen molar-refractivity contribution in [3.05, 3.63) is 42.2 Å². The Balaban J connectivity index is 0.000000167. The van der Waals surface area contributed by atoms with Gasteiger partial charge in [-0.15, -0.1) is 10.2 Å². The van der Waals surface area contributed by atoms with Crippen LogP contribution in [-0.2, 0) is 17.4 Å². The van der Waals surface area contributed by atoms with Gasteiger partial charge in [0.05, 0.1) is 6.42 Å². The maximum atomic E-state index is 12.2. The van der Waals surface area contributed by atoms with E-state index in [0.717, 1.165) is 5.56 Å². The number of alkyl halides is 3. The predicted molar refractivity (Wildman–Crippen MR) is 81.3 cm³/mol. The molecule has 0 fully saturated rings. The van der Waals surface area contributed by atoms with Crippen LogP contribution < -0.4 is 11.1 Å². The molecule has 0 saturated carbocycles. The van der Waals surface area contributed by atoms with Gasteiger partial charge >= 0.3 is 12.1 Å². The summed E-state index contributed by atoms with van der Waals surface area (Å²) in [6, 6.07) is 4.43. The van der Waals surface area contributed by atoms with Crippen LogP contribution in [-0.4, -0.2) is 31.1 Å². The zero-order chi connectivity index (χ0) is 18.7. The zero-order valence-electron chi connectivity index (χ0n) is 12.9. The average molecular weight is 365 g/mol. The maximum absolute atomic E-state index is 12.2. The van der Waals surface area contributed by atoms with Crippen LogP contribution in [0.1, 0.15) is 11.5 Å². The van der Waals surface area contributed by atoms with Gasteiger partial charge in [-0.3, -0.25) is 4.79 Å². The summed E-state index contributed by atoms with van der Waals surface area (Å²) in [5, 5.41) is 8.72. The molecule has 0 spiro atoms. The van der Waals surface area contributed by atoms with Gasteiger partial charge in [-0.2, -0.15) is 13.2 Å². The van der Waals surface area contributed by atoms with Crippen LogP contribution in [0.5, 0.6) is 0 Å². The lowest BCUT2D eigenvalue weighted by Gasteiger charge is -1.97. The molecule has 0 unspecified atom stereocenters. The van der Waals surface area contributed by atoms with Crippen molar-refractivity contribution in [3.63, 3.8) is 0 Å². The fraction of sp³-hybridized carbons (Fsp3) is 0.143. The monoisotopic (exact) mass is 365 g/mol. The van der Waals surface area contributed by atoms with E-state index in [2.05, 4.69) is 34.9 Å². The summed E-state index contributed by atoms with van der Waals surface area (Å²) < 4.78 is 40.9. The topological polar surface area (TPSA) is 133 Å². The van der Waals surface area contributed by atoms with Crippen molar-refractivity contribution in [1.82, 2.24) is 25.1 Å². The summed E-state index contributed by atoms with van der Waals surface area (Å²) in [6.45, 7) is 0. The molecule has 3 aromatic rings. The van der Waals surface area contributed by atoms with E-state index in [1.807, 2.05) is 0 Å². The molecule has 0 radical (unpaired) electrons. The number of nitrogens with two attached hydrogens (primary N) is 1. The Morgan fingerprint density at radius 1 is 1.23 bits per heavy atom. The van der Waals surface area contributed by atoms with Crippen LogP contribution in [0.4, 0.5) is 24.8 Å². The van der Waals surface area contributed by atoms with Gasteiger partial charge in [0.2, 0.25) is 5.91 Å². The third-order valence-corrected chi connectivity index (χ3v) is 3.05. The molecule has 3 aromatic heterocycles. The lowest BCUT2D eigenvalue weighted by molar-refractivity contribution is -0.157. The second-order valence-corrected chi connectivity index (χ2v) is 4.98. The molecule has 0 saturated heterocycles. The highest BCUT2D eigenvalue weighted by molar-refractivity contribution is 5.97. The molecule has 1 aliphatic rings. The highest BCUT2D eigenvalue weighted by Gasteiger charge is 2.38. The van der Waals surface area contributed by atoms with Crippen molar-refractivity contribution in [2.24, 2.45) is 0 Å². The summed E-state index contributed by atoms with van der Waals surface area (Å²) in [7, 11) is 0. The fourth-order valence-electron chi connectivity index (χ4n) is 1.96. The molecule has 3 N–H and O–H groups in total. The van der Waals surface area contributed by atoms with Crippen LogP contribution in [0.3, 0.4) is 0 Å². The minimum atomic E-state index is -4.66. The molecule has 0 bridgehead atoms. The van der Waals surface area contributed by atoms with Crippen LogP contribution in [0.15, 0.2) is 35.1 Å². The summed E-state index contributed by atoms with van der Waals surface area (Å²) in [5.74, 6) is -0.925. The summed E-state index contributed by atoms with van der Waals surface area (Å²) in [6.07, 6.45) is -1.17. The molecule has 134 valence electrons. The van der Waals surface area contributed by atoms with Crippen LogP contribution >= 0.6 is 0 Å². The van der Waals surface area contributed by atoms with Gasteiger partial charge in [-0.25, -0.2) is 15.0 Å². The smallest absolute Gasteiger partial charge is 0.411 e. The van der Waals surface area contributed by atoms with Gasteiger partial charge in [0.15, 0.2) is 0 Å². The standard InChI is InChI=1S/C8H5F3N4O.C6H5N3O/c9-8(10,11)7-15-14-6(16-7)4-2-1-3-5(12)13-4;10-5-1-4-2-7-3-8-6(4)9-5/h1-3H,(H2,12,13);2-3H,1H2,(H,7,8,9,10). The molecule has 12 heteroatoms. The molecule has 1 aliphatic heterocycles. The van der Waals surface area contributed by atoms with Crippen LogP contribution in [0, 0.1) is 0 Å². The van der Waals surface area contributed by atoms with E-state index >= 15 is 0 Å². The molecular weight excluding hydrogens is 355 g/mol. The first-order chi connectivity index (χ1) is 12.3. The van der Waals surface area contributed by atoms with Crippen LogP contribution in [0.2, 0.25) is 0 Å². The van der Waals surface area contributed by atoms with Gasteiger partial charge in [0.1, 0.15) is 23.7 Å². The molecule has 0 aromatic carbocycles. The Labute approximate surface area is 143 Å². The third-order valence-electron chi connectivity index (χ3n) is 3.05. The number of fused-ring (bicyclic) bond motifs is 1. The number of carbonyl (C=O) groups is 1. The van der Waals surface area contributed by atoms with E-state index in [0.29, 0.717) is 12.2 Å². The number of nitrogens with one attached hydrogen (secondary N) is 1. The van der Waals surface area contributed by atoms with E-state index in [9.17, 15) is 18.0 Å². The Bertz CT molecular complexity index is 915. The Morgan fingerprint density at radius 2 is 2.04 bits per heavy atom. The normalized spacial score (nSPS) is 12.8. The second kappa shape index (κ2) is 6.74. The van der Waals surface area contributed by atoms with E-state index in [1.165, 1.54) is 24.5 Å². The van der Waals surface area contributed by atoms with E-state index in [1.54, 1.807) is 6.20 Å². The maximum Gasteiger partial charge on any atom is 0.470 e. The first-order valence-electron chi connectivity index (χ1n) is 7.05. The molecule has 0 aliphatic carbocycles. The van der Waals surface area contributed by atoms with Crippen molar-refractivity contribution < 1.29 is 22.4 Å². The minimum Gasteiger partial charge on any atom is -0.411 e. The van der Waals surface area contributed by atoms with Crippen LogP contribution in [0.25, 0.3) is 11.6 Å². The molecule has 4 heterocycles. The number of aromatic nitrogens is 5. The third kappa shape index (κ3) is 3.91. The highest BCUT2D eigenvalue weighted by atomic mass is 19.4. The summed E-state index contributed by atoms with van der Waals surface area (Å²) in [5.41, 5.74) is 6.35. The number of carbonyl (C=O) groups excluding carboxylic acids is 1.